The number of hydrogen-bond donors (Lipinski definition) is 0. The van der Waals surface area contributed by atoms with Gasteiger partial charge in [0.2, 0.25) is 0 Å². The van der Waals surface area contributed by atoms with Crippen LogP contribution in [0.3, 0.4) is 0 Å². The molecule has 2 nitrogen and oxygen atoms in total. The van der Waals surface area contributed by atoms with Gasteiger partial charge >= 0.3 is 0 Å². The maximum atomic E-state index is 6.11. The Bertz CT molecular complexity index is 395. The molecule has 0 N–H and O–H groups in total. The first-order valence-corrected chi connectivity index (χ1v) is 7.90. The summed E-state index contributed by atoms with van der Waals surface area (Å²) in [7, 11) is 0. The lowest BCUT2D eigenvalue weighted by atomic mass is 9.90. The highest BCUT2D eigenvalue weighted by Crippen LogP contribution is 2.40. The second-order valence-electron chi connectivity index (χ2n) is 5.43. The first-order chi connectivity index (χ1) is 8.76. The van der Waals surface area contributed by atoms with Crippen molar-refractivity contribution < 1.29 is 9.47 Å². The SMILES string of the molecule is Ic1ccc(OC2CCOC3(CCCC3)C2)cc1. The molecular weight excluding hydrogens is 339 g/mol. The fourth-order valence-electron chi connectivity index (χ4n) is 3.16. The van der Waals surface area contributed by atoms with Gasteiger partial charge in [-0.05, 0) is 59.7 Å². The van der Waals surface area contributed by atoms with Gasteiger partial charge < -0.3 is 9.47 Å². The standard InChI is InChI=1S/C15H19IO2/c16-12-3-5-13(6-4-12)18-14-7-10-17-15(11-14)8-1-2-9-15/h3-6,14H,1-2,7-11H2. The molecule has 18 heavy (non-hydrogen) atoms. The van der Waals surface area contributed by atoms with E-state index >= 15 is 0 Å². The predicted molar refractivity (Wildman–Crippen MR) is 80.0 cm³/mol. The minimum absolute atomic E-state index is 0.145. The Morgan fingerprint density at radius 3 is 2.61 bits per heavy atom. The maximum absolute atomic E-state index is 6.11. The summed E-state index contributed by atoms with van der Waals surface area (Å²) in [5, 5.41) is 0. The molecule has 3 rings (SSSR count). The zero-order chi connectivity index (χ0) is 12.4. The van der Waals surface area contributed by atoms with Gasteiger partial charge in [-0.15, -0.1) is 0 Å². The zero-order valence-electron chi connectivity index (χ0n) is 10.5. The smallest absolute Gasteiger partial charge is 0.119 e. The fourth-order valence-corrected chi connectivity index (χ4v) is 3.52. The molecule has 1 aliphatic heterocycles. The molecule has 3 heteroatoms. The summed E-state index contributed by atoms with van der Waals surface area (Å²) in [6, 6.07) is 8.33. The molecule has 1 aromatic carbocycles. The lowest BCUT2D eigenvalue weighted by Crippen LogP contribution is -2.41. The summed E-state index contributed by atoms with van der Waals surface area (Å²) in [5.41, 5.74) is 0.145. The van der Waals surface area contributed by atoms with Gasteiger partial charge in [-0.1, -0.05) is 12.8 Å². The van der Waals surface area contributed by atoms with E-state index in [0.717, 1.165) is 25.2 Å². The summed E-state index contributed by atoms with van der Waals surface area (Å²) >= 11 is 2.32. The molecule has 0 amide bonds. The Labute approximate surface area is 122 Å². The molecule has 2 aliphatic rings. The molecule has 0 aromatic heterocycles. The van der Waals surface area contributed by atoms with Crippen LogP contribution in [0.4, 0.5) is 0 Å². The fraction of sp³-hybridized carbons (Fsp3) is 0.600. The van der Waals surface area contributed by atoms with E-state index in [-0.39, 0.29) is 5.60 Å². The van der Waals surface area contributed by atoms with Crippen LogP contribution >= 0.6 is 22.6 Å². The van der Waals surface area contributed by atoms with Crippen LogP contribution < -0.4 is 4.74 Å². The first kappa shape index (κ1) is 12.7. The third-order valence-corrected chi connectivity index (χ3v) is 4.80. The van der Waals surface area contributed by atoms with E-state index in [1.165, 1.54) is 29.3 Å². The van der Waals surface area contributed by atoms with Crippen LogP contribution in [0.5, 0.6) is 5.75 Å². The topological polar surface area (TPSA) is 18.5 Å². The van der Waals surface area contributed by atoms with Gasteiger partial charge in [0.15, 0.2) is 0 Å². The van der Waals surface area contributed by atoms with E-state index < -0.39 is 0 Å². The van der Waals surface area contributed by atoms with E-state index in [9.17, 15) is 0 Å². The molecule has 1 saturated carbocycles. The normalized spacial score (nSPS) is 26.4. The van der Waals surface area contributed by atoms with Gasteiger partial charge in [0, 0.05) is 16.4 Å². The molecule has 1 atom stereocenters. The van der Waals surface area contributed by atoms with Gasteiger partial charge in [-0.25, -0.2) is 0 Å². The number of benzene rings is 1. The monoisotopic (exact) mass is 358 g/mol. The summed E-state index contributed by atoms with van der Waals surface area (Å²) in [5.74, 6) is 0.996. The molecule has 1 saturated heterocycles. The lowest BCUT2D eigenvalue weighted by molar-refractivity contribution is -0.108. The highest BCUT2D eigenvalue weighted by molar-refractivity contribution is 14.1. The molecule has 98 valence electrons. The summed E-state index contributed by atoms with van der Waals surface area (Å²) in [6.07, 6.45) is 7.50. The lowest BCUT2D eigenvalue weighted by Gasteiger charge is -2.38. The molecule has 1 unspecified atom stereocenters. The third kappa shape index (κ3) is 2.82. The molecule has 1 aromatic rings. The summed E-state index contributed by atoms with van der Waals surface area (Å²) < 4.78 is 13.4. The van der Waals surface area contributed by atoms with Gasteiger partial charge in [-0.3, -0.25) is 0 Å². The van der Waals surface area contributed by atoms with Gasteiger partial charge in [0.25, 0.3) is 0 Å². The largest absolute Gasteiger partial charge is 0.490 e. The van der Waals surface area contributed by atoms with Crippen molar-refractivity contribution in [2.24, 2.45) is 0 Å². The van der Waals surface area contributed by atoms with E-state index in [1.807, 2.05) is 0 Å². The zero-order valence-corrected chi connectivity index (χ0v) is 12.7. The molecule has 2 fully saturated rings. The van der Waals surface area contributed by atoms with Crippen LogP contribution in [0, 0.1) is 3.57 Å². The molecular formula is C15H19IO2. The second-order valence-corrected chi connectivity index (χ2v) is 6.67. The van der Waals surface area contributed by atoms with Crippen molar-refractivity contribution in [3.05, 3.63) is 27.8 Å². The van der Waals surface area contributed by atoms with Crippen LogP contribution in [-0.2, 0) is 4.74 Å². The Hall–Kier alpha value is -0.290. The van der Waals surface area contributed by atoms with Crippen molar-refractivity contribution in [2.75, 3.05) is 6.61 Å². The van der Waals surface area contributed by atoms with Crippen molar-refractivity contribution in [3.8, 4) is 5.75 Å². The van der Waals surface area contributed by atoms with E-state index in [2.05, 4.69) is 46.9 Å². The Balaban J connectivity index is 1.64. The average molecular weight is 358 g/mol. The van der Waals surface area contributed by atoms with E-state index in [0.29, 0.717) is 6.10 Å². The molecule has 1 aliphatic carbocycles. The van der Waals surface area contributed by atoms with Crippen LogP contribution in [0.25, 0.3) is 0 Å². The van der Waals surface area contributed by atoms with E-state index in [4.69, 9.17) is 9.47 Å². The second kappa shape index (κ2) is 5.37. The average Bonchev–Trinajstić information content (AvgIpc) is 2.80. The first-order valence-electron chi connectivity index (χ1n) is 6.82. The van der Waals surface area contributed by atoms with Crippen molar-refractivity contribution in [1.29, 1.82) is 0 Å². The van der Waals surface area contributed by atoms with Crippen molar-refractivity contribution in [1.82, 2.24) is 0 Å². The van der Waals surface area contributed by atoms with Crippen LogP contribution in [0.1, 0.15) is 38.5 Å². The van der Waals surface area contributed by atoms with Crippen LogP contribution in [0.15, 0.2) is 24.3 Å². The number of ether oxygens (including phenoxy) is 2. The number of rotatable bonds is 2. The summed E-state index contributed by atoms with van der Waals surface area (Å²) in [4.78, 5) is 0. The highest BCUT2D eigenvalue weighted by atomic mass is 127. The quantitative estimate of drug-likeness (QED) is 0.739. The van der Waals surface area contributed by atoms with Crippen LogP contribution in [0.2, 0.25) is 0 Å². The minimum Gasteiger partial charge on any atom is -0.490 e. The van der Waals surface area contributed by atoms with Crippen LogP contribution in [-0.4, -0.2) is 18.3 Å². The maximum Gasteiger partial charge on any atom is 0.119 e. The number of halogens is 1. The molecule has 1 spiro atoms. The predicted octanol–water partition coefficient (Wildman–Crippen LogP) is 4.16. The van der Waals surface area contributed by atoms with Crippen molar-refractivity contribution >= 4 is 22.6 Å². The van der Waals surface area contributed by atoms with Gasteiger partial charge in [-0.2, -0.15) is 0 Å². The molecule has 1 heterocycles. The Kier molecular flexibility index (Phi) is 3.80. The van der Waals surface area contributed by atoms with Gasteiger partial charge in [0.1, 0.15) is 11.9 Å². The van der Waals surface area contributed by atoms with Crippen molar-refractivity contribution in [3.63, 3.8) is 0 Å². The third-order valence-electron chi connectivity index (χ3n) is 4.08. The summed E-state index contributed by atoms with van der Waals surface area (Å²) in [6.45, 7) is 0.856. The number of hydrogen-bond acceptors (Lipinski definition) is 2. The minimum atomic E-state index is 0.145. The Morgan fingerprint density at radius 1 is 1.17 bits per heavy atom. The molecule has 0 radical (unpaired) electrons. The van der Waals surface area contributed by atoms with Gasteiger partial charge in [0.05, 0.1) is 12.2 Å². The van der Waals surface area contributed by atoms with Crippen molar-refractivity contribution in [2.45, 2.75) is 50.2 Å². The highest BCUT2D eigenvalue weighted by Gasteiger charge is 2.40. The molecule has 0 bridgehead atoms. The Morgan fingerprint density at radius 2 is 1.89 bits per heavy atom. The van der Waals surface area contributed by atoms with E-state index in [1.54, 1.807) is 0 Å².